The number of nitrogens with zero attached hydrogens (tertiary/aromatic N) is 4. The van der Waals surface area contributed by atoms with Gasteiger partial charge in [0, 0.05) is 41.0 Å². The van der Waals surface area contributed by atoms with Crippen molar-refractivity contribution in [1.29, 1.82) is 0 Å². The summed E-state index contributed by atoms with van der Waals surface area (Å²) in [6.07, 6.45) is 4.80. The van der Waals surface area contributed by atoms with Gasteiger partial charge in [-0.1, -0.05) is 20.8 Å². The van der Waals surface area contributed by atoms with Crippen LogP contribution in [-0.4, -0.2) is 56.1 Å². The van der Waals surface area contributed by atoms with E-state index in [1.165, 1.54) is 24.5 Å². The Balaban J connectivity index is 1.40. The van der Waals surface area contributed by atoms with Gasteiger partial charge in [-0.2, -0.15) is 5.10 Å². The summed E-state index contributed by atoms with van der Waals surface area (Å²) in [6.45, 7) is 5.57. The number of nitrogens with one attached hydrogen (secondary N) is 4. The maximum Gasteiger partial charge on any atom is 0.209 e. The lowest BCUT2D eigenvalue weighted by Crippen LogP contribution is -2.33. The third kappa shape index (κ3) is 6.25. The largest absolute Gasteiger partial charge is 0.373 e. The molecule has 5 N–H and O–H groups in total. The van der Waals surface area contributed by atoms with E-state index < -0.39 is 33.3 Å². The Kier molecular flexibility index (Phi) is 7.59. The third-order valence-electron chi connectivity index (χ3n) is 7.23. The van der Waals surface area contributed by atoms with Crippen LogP contribution in [0.3, 0.4) is 0 Å². The van der Waals surface area contributed by atoms with Crippen molar-refractivity contribution in [2.45, 2.75) is 33.5 Å². The first kappa shape index (κ1) is 30.2. The number of rotatable bonds is 8. The van der Waals surface area contributed by atoms with Crippen molar-refractivity contribution in [3.8, 4) is 33.9 Å². The molecular weight excluding hydrogens is 602 g/mol. The molecule has 0 saturated heterocycles. The Hall–Kier alpha value is -4.79. The minimum Gasteiger partial charge on any atom is -0.373 e. The van der Waals surface area contributed by atoms with Gasteiger partial charge in [0.05, 0.1) is 40.3 Å². The molecule has 6 aromatic rings. The zero-order valence-corrected chi connectivity index (χ0v) is 25.6. The van der Waals surface area contributed by atoms with Gasteiger partial charge in [-0.15, -0.1) is 0 Å². The quantitative estimate of drug-likeness (QED) is 0.141. The average Bonchev–Trinajstić information content (AvgIpc) is 3.60. The topological polar surface area (TPSA) is 162 Å². The molecule has 0 bridgehead atoms. The molecule has 0 radical (unpaired) electrons. The molecule has 0 saturated carbocycles. The van der Waals surface area contributed by atoms with Crippen LogP contribution in [0.4, 0.5) is 14.5 Å². The number of aromatic nitrogens is 6. The third-order valence-corrected chi connectivity index (χ3v) is 7.90. The molecule has 0 aliphatic heterocycles. The number of hydrogen-bond acceptors (Lipinski definition) is 8. The lowest BCUT2D eigenvalue weighted by atomic mass is 9.94. The second kappa shape index (κ2) is 11.3. The van der Waals surface area contributed by atoms with Gasteiger partial charge in [0.2, 0.25) is 10.0 Å². The minimum absolute atomic E-state index is 0.0993. The Bertz CT molecular complexity index is 2170. The fourth-order valence-electron chi connectivity index (χ4n) is 4.87. The lowest BCUT2D eigenvalue weighted by molar-refractivity contribution is 0.0880. The highest BCUT2D eigenvalue weighted by Gasteiger charge is 2.23. The van der Waals surface area contributed by atoms with Gasteiger partial charge in [0.1, 0.15) is 29.1 Å². The summed E-state index contributed by atoms with van der Waals surface area (Å²) < 4.78 is 56.3. The van der Waals surface area contributed by atoms with E-state index in [2.05, 4.69) is 40.2 Å². The fourth-order valence-corrected chi connectivity index (χ4v) is 5.30. The van der Waals surface area contributed by atoms with E-state index >= 15 is 4.39 Å². The van der Waals surface area contributed by atoms with Crippen molar-refractivity contribution < 1.29 is 22.3 Å². The molecule has 6 rings (SSSR count). The van der Waals surface area contributed by atoms with E-state index in [1.807, 2.05) is 20.8 Å². The number of sulfonamides is 1. The smallest absolute Gasteiger partial charge is 0.209 e. The van der Waals surface area contributed by atoms with Crippen molar-refractivity contribution in [1.82, 2.24) is 34.9 Å². The van der Waals surface area contributed by atoms with Crippen LogP contribution in [0.15, 0.2) is 61.1 Å². The van der Waals surface area contributed by atoms with Gasteiger partial charge in [0.25, 0.3) is 0 Å². The van der Waals surface area contributed by atoms with Crippen molar-refractivity contribution in [2.24, 2.45) is 5.41 Å². The maximum absolute atomic E-state index is 16.3. The van der Waals surface area contributed by atoms with Crippen molar-refractivity contribution >= 4 is 37.6 Å². The van der Waals surface area contributed by atoms with E-state index in [1.54, 1.807) is 36.5 Å². The predicted molar refractivity (Wildman–Crippen MR) is 168 cm³/mol. The SMILES string of the molecule is CC(C)(C)C(O)Nc1cncc(-c2ccc3[nH]nc(-c4nc5c(-c6cc(F)cc(CNS(C)(=O)=O)c6)nccc5[nH]4)c3c2F)c1. The van der Waals surface area contributed by atoms with Crippen LogP contribution in [-0.2, 0) is 16.6 Å². The first-order chi connectivity index (χ1) is 21.3. The average molecular weight is 633 g/mol. The number of fused-ring (bicyclic) bond motifs is 2. The number of pyridine rings is 2. The normalized spacial score (nSPS) is 13.0. The highest BCUT2D eigenvalue weighted by Crippen LogP contribution is 2.36. The standard InChI is InChI=1S/C31H30F2N8O3S/c1-31(2,3)30(42)37-20-12-18(14-34-15-20)21-5-6-22-24(25(21)33)28(41-40-22)29-38-23-7-8-35-26(27(23)39-29)17-9-16(10-19(32)11-17)13-36-45(4,43)44/h5-12,14-15,30,36-37,42H,13H2,1-4H3,(H,38,39)(H,40,41). The number of imidazole rings is 1. The summed E-state index contributed by atoms with van der Waals surface area (Å²) in [6, 6.07) is 10.9. The summed E-state index contributed by atoms with van der Waals surface area (Å²) in [4.78, 5) is 16.5. The van der Waals surface area contributed by atoms with Crippen molar-refractivity contribution in [3.63, 3.8) is 0 Å². The molecule has 2 aromatic carbocycles. The molecule has 0 aliphatic carbocycles. The minimum atomic E-state index is -3.49. The van der Waals surface area contributed by atoms with Crippen LogP contribution in [0.25, 0.3) is 55.8 Å². The van der Waals surface area contributed by atoms with Gasteiger partial charge in [0.15, 0.2) is 5.82 Å². The molecule has 4 aromatic heterocycles. The summed E-state index contributed by atoms with van der Waals surface area (Å²) in [5.74, 6) is -0.848. The second-order valence-corrected chi connectivity index (χ2v) is 13.7. The van der Waals surface area contributed by atoms with Gasteiger partial charge < -0.3 is 15.4 Å². The molecule has 232 valence electrons. The Morgan fingerprint density at radius 3 is 2.56 bits per heavy atom. The molecule has 0 spiro atoms. The Morgan fingerprint density at radius 2 is 1.80 bits per heavy atom. The zero-order valence-electron chi connectivity index (χ0n) is 24.8. The molecule has 0 aliphatic rings. The van der Waals surface area contributed by atoms with Gasteiger partial charge in [-0.3, -0.25) is 15.1 Å². The van der Waals surface area contributed by atoms with Crippen molar-refractivity contribution in [2.75, 3.05) is 11.6 Å². The summed E-state index contributed by atoms with van der Waals surface area (Å²) in [5.41, 5.74) is 3.66. The molecule has 1 atom stereocenters. The Morgan fingerprint density at radius 1 is 1.00 bits per heavy atom. The zero-order chi connectivity index (χ0) is 32.1. The number of aliphatic hydroxyl groups is 1. The number of halogens is 2. The number of aliphatic hydroxyl groups excluding tert-OH is 1. The van der Waals surface area contributed by atoms with Crippen LogP contribution in [0.1, 0.15) is 26.3 Å². The van der Waals surface area contributed by atoms with Crippen molar-refractivity contribution in [3.05, 3.63) is 78.3 Å². The number of aromatic amines is 2. The summed E-state index contributed by atoms with van der Waals surface area (Å²) >= 11 is 0. The molecule has 0 fully saturated rings. The van der Waals surface area contributed by atoms with Gasteiger partial charge in [-0.25, -0.2) is 26.9 Å². The molecule has 0 amide bonds. The van der Waals surface area contributed by atoms with Crippen LogP contribution >= 0.6 is 0 Å². The highest BCUT2D eigenvalue weighted by molar-refractivity contribution is 7.88. The molecule has 4 heterocycles. The first-order valence-corrected chi connectivity index (χ1v) is 15.8. The van der Waals surface area contributed by atoms with E-state index in [0.29, 0.717) is 44.6 Å². The first-order valence-electron chi connectivity index (χ1n) is 13.9. The summed E-state index contributed by atoms with van der Waals surface area (Å²) in [7, 11) is -3.49. The number of hydrogen-bond donors (Lipinski definition) is 5. The summed E-state index contributed by atoms with van der Waals surface area (Å²) in [5, 5.41) is 20.9. The van der Waals surface area contributed by atoms with Crippen LogP contribution in [0, 0.1) is 17.0 Å². The van der Waals surface area contributed by atoms with E-state index in [0.717, 1.165) is 6.26 Å². The fraction of sp³-hybridized carbons (Fsp3) is 0.226. The molecule has 11 nitrogen and oxygen atoms in total. The highest BCUT2D eigenvalue weighted by atomic mass is 32.2. The maximum atomic E-state index is 16.3. The van der Waals surface area contributed by atoms with E-state index in [-0.39, 0.29) is 29.0 Å². The van der Waals surface area contributed by atoms with E-state index in [4.69, 9.17) is 0 Å². The van der Waals surface area contributed by atoms with Gasteiger partial charge >= 0.3 is 0 Å². The predicted octanol–water partition coefficient (Wildman–Crippen LogP) is 5.33. The van der Waals surface area contributed by atoms with Gasteiger partial charge in [-0.05, 0) is 48.0 Å². The van der Waals surface area contributed by atoms with Crippen LogP contribution < -0.4 is 10.0 Å². The van der Waals surface area contributed by atoms with E-state index in [9.17, 15) is 17.9 Å². The van der Waals surface area contributed by atoms with Crippen LogP contribution in [0.2, 0.25) is 0 Å². The molecule has 1 unspecified atom stereocenters. The monoisotopic (exact) mass is 632 g/mol. The lowest BCUT2D eigenvalue weighted by Gasteiger charge is -2.27. The van der Waals surface area contributed by atoms with Crippen LogP contribution in [0.5, 0.6) is 0 Å². The number of anilines is 1. The number of H-pyrrole nitrogens is 2. The number of benzene rings is 2. The molecule has 14 heteroatoms. The second-order valence-electron chi connectivity index (χ2n) is 11.9. The molecule has 45 heavy (non-hydrogen) atoms. The molecular formula is C31H30F2N8O3S. The Labute approximate surface area is 257 Å².